The topological polar surface area (TPSA) is 397 Å². The van der Waals surface area contributed by atoms with E-state index in [1.54, 1.807) is 147 Å². The Labute approximate surface area is 764 Å². The van der Waals surface area contributed by atoms with Crippen LogP contribution in [0.5, 0.6) is 46.0 Å². The second-order valence-electron chi connectivity index (χ2n) is 30.3. The number of amides is 1. The van der Waals surface area contributed by atoms with E-state index in [0.717, 1.165) is 94.2 Å². The molecule has 670 valence electrons. The average molecular weight is 1800 g/mol. The van der Waals surface area contributed by atoms with Gasteiger partial charge in [-0.1, -0.05) is 60.7 Å². The van der Waals surface area contributed by atoms with E-state index in [0.29, 0.717) is 126 Å². The molecule has 0 radical (unpaired) electrons. The van der Waals surface area contributed by atoms with Crippen molar-refractivity contribution < 1.29 is 65.4 Å². The van der Waals surface area contributed by atoms with Gasteiger partial charge in [-0.2, -0.15) is 41.4 Å². The first-order chi connectivity index (χ1) is 65.0. The fourth-order valence-electron chi connectivity index (χ4n) is 15.7. The molecule has 0 fully saturated rings. The van der Waals surface area contributed by atoms with Gasteiger partial charge in [0.15, 0.2) is 57.9 Å². The number of methoxy groups -OCH3 is 7. The number of nitrogens with one attached hydrogen (secondary N) is 2. The van der Waals surface area contributed by atoms with Gasteiger partial charge in [0.05, 0.1) is 177 Å². The van der Waals surface area contributed by atoms with Gasteiger partial charge in [0.1, 0.15) is 40.2 Å². The second-order valence-corrected chi connectivity index (χ2v) is 30.3. The van der Waals surface area contributed by atoms with E-state index in [2.05, 4.69) is 48.6 Å². The van der Waals surface area contributed by atoms with Gasteiger partial charge in [0.25, 0.3) is 5.91 Å². The lowest BCUT2D eigenvalue weighted by molar-refractivity contribution is -0.128. The normalized spacial score (nSPS) is 11.4. The molecule has 0 saturated carbocycles. The number of hydrogen-bond donors (Lipinski definition) is 3. The number of ketones is 1. The van der Waals surface area contributed by atoms with E-state index in [1.165, 1.54) is 68.8 Å². The first-order valence-electron chi connectivity index (χ1n) is 41.7. The van der Waals surface area contributed by atoms with Gasteiger partial charge in [-0.3, -0.25) is 53.7 Å². The third-order valence-corrected chi connectivity index (χ3v) is 22.3. The fourth-order valence-corrected chi connectivity index (χ4v) is 15.7. The molecule has 0 aliphatic heterocycles. The summed E-state index contributed by atoms with van der Waals surface area (Å²) in [5.74, 6) is 1.10. The standard InChI is InChI=1S/C30H26FN5O4.C29H23FN6O3.C21H17FN4O2.C21H18N4O2/c1-36-24-17-34-23-15-25(39-3)26(14-22(23)27(24)28(35-36)19-6-4-18(16-32)5-7-19)40-29(30(37)33-12-13-38-2)20-8-10-21(31)11-9-20;1-36-22-15-34-21-12-24(38-2)25(39-29(23(37)13-26(32)33)18-7-9-19(30)10-8-18)11-20(21)27(22)28(35-36)17-5-3-16(14-31)4-6-17;1-4-26-17-11-24-16-9-19(28-3)18(27-2)8-14(16)20(17)21(25-26)13-6-5-12(10-23)7-15(13)22;1-4-25-17-12-23-16-10-19(27-3)18(26-2)9-15(16)20(17)21(24-25)14-7-5-13(11-22)6-8-14/h4-11,14-15,17,29H,12-13H2,1-3H3,(H,33,37);3-12,15,29H,13H2,1-2H3,(H3,32,33);5-9,11H,4H2,1-3H3;5-10,12H,4H2,1-3H3. The SMILES string of the molecule is CCn1nc(-c2ccc(C#N)cc2)c2c3cc(OC)c(OC)cc3ncc21.CCn1nc(-c2ccc(C#N)cc2F)c2c3cc(OC)c(OC)cc3ncc21.COCCNC(=O)C(Oc1cc2c(cc1OC)ncc1c2c(-c2ccc(C#N)cc2)nn1C)c1ccc(F)cc1.COc1cc2ncc3c(c(-c4ccc(C#N)cc4)nn3C)c2cc1OC(C(=O)CC(=N)N)c1ccc(F)cc1. The fraction of sp³-hybridized carbons (Fsp3) is 0.178. The molecule has 0 aliphatic rings. The van der Waals surface area contributed by atoms with E-state index >= 15 is 0 Å². The van der Waals surface area contributed by atoms with Gasteiger partial charge < -0.3 is 53.7 Å². The zero-order valence-corrected chi connectivity index (χ0v) is 74.3. The number of nitriles is 4. The van der Waals surface area contributed by atoms with Gasteiger partial charge in [-0.25, -0.2) is 13.2 Å². The molecule has 134 heavy (non-hydrogen) atoms. The summed E-state index contributed by atoms with van der Waals surface area (Å²) in [7, 11) is 14.5. The third kappa shape index (κ3) is 18.5. The number of aromatic nitrogens is 12. The molecule has 2 atom stereocenters. The molecule has 1 amide bonds. The summed E-state index contributed by atoms with van der Waals surface area (Å²) in [6, 6.07) is 59.8. The van der Waals surface area contributed by atoms with Crippen LogP contribution in [0.3, 0.4) is 0 Å². The molecule has 8 aromatic heterocycles. The quantitative estimate of drug-likeness (QED) is 0.0272. The van der Waals surface area contributed by atoms with E-state index in [9.17, 15) is 33.3 Å². The monoisotopic (exact) mass is 1800 g/mol. The number of rotatable bonds is 25. The molecule has 8 heterocycles. The number of fused-ring (bicyclic) bond motifs is 12. The summed E-state index contributed by atoms with van der Waals surface area (Å²) < 4.78 is 99.7. The number of aryl methyl sites for hydroxylation is 4. The van der Waals surface area contributed by atoms with Crippen LogP contribution in [0, 0.1) is 68.2 Å². The Kier molecular flexibility index (Phi) is 27.2. The smallest absolute Gasteiger partial charge is 0.265 e. The predicted molar refractivity (Wildman–Crippen MR) is 499 cm³/mol. The minimum Gasteiger partial charge on any atom is -0.493 e. The van der Waals surface area contributed by atoms with Crippen LogP contribution in [0.2, 0.25) is 0 Å². The lowest BCUT2D eigenvalue weighted by Gasteiger charge is -2.21. The van der Waals surface area contributed by atoms with Gasteiger partial charge in [0.2, 0.25) is 6.10 Å². The molecule has 18 aromatic rings. The summed E-state index contributed by atoms with van der Waals surface area (Å²) in [5, 5.41) is 72.3. The number of carbonyl (C=O) groups is 2. The Bertz CT molecular complexity index is 7750. The number of Topliss-reactive ketones (excluding diaryl/α,β-unsaturated/α-hetero) is 1. The number of pyridine rings is 4. The lowest BCUT2D eigenvalue weighted by Crippen LogP contribution is -2.34. The lowest BCUT2D eigenvalue weighted by atomic mass is 10.0. The van der Waals surface area contributed by atoms with E-state index in [4.69, 9.17) is 79.6 Å². The van der Waals surface area contributed by atoms with Crippen molar-refractivity contribution in [3.8, 4) is 115 Å². The highest BCUT2D eigenvalue weighted by molar-refractivity contribution is 6.16. The average Bonchev–Trinajstić information content (AvgIpc) is 1.58. The van der Waals surface area contributed by atoms with Crippen molar-refractivity contribution in [3.63, 3.8) is 0 Å². The Morgan fingerprint density at radius 2 is 0.746 bits per heavy atom. The molecule has 2 unspecified atom stereocenters. The van der Waals surface area contributed by atoms with Gasteiger partial charge in [-0.05, 0) is 117 Å². The zero-order chi connectivity index (χ0) is 94.7. The first kappa shape index (κ1) is 91.2. The molecule has 4 N–H and O–H groups in total. The summed E-state index contributed by atoms with van der Waals surface area (Å²) in [6.45, 7) is 5.95. The molecular weight excluding hydrogens is 1710 g/mol. The number of halogens is 3. The molecular formula is C101H84F3N19O11. The van der Waals surface area contributed by atoms with Crippen molar-refractivity contribution in [1.82, 2.24) is 64.4 Å². The number of carbonyl (C=O) groups excluding carboxylic acids is 2. The van der Waals surface area contributed by atoms with Crippen LogP contribution < -0.4 is 48.9 Å². The largest absolute Gasteiger partial charge is 0.493 e. The van der Waals surface area contributed by atoms with Crippen LogP contribution in [-0.4, -0.2) is 140 Å². The number of hydrogen-bond acceptors (Lipinski definition) is 24. The van der Waals surface area contributed by atoms with Crippen molar-refractivity contribution >= 4 is 105 Å². The van der Waals surface area contributed by atoms with Crippen LogP contribution in [0.4, 0.5) is 13.2 Å². The number of amidine groups is 1. The molecule has 0 saturated heterocycles. The van der Waals surface area contributed by atoms with Gasteiger partial charge >= 0.3 is 0 Å². The first-order valence-corrected chi connectivity index (χ1v) is 41.7. The summed E-state index contributed by atoms with van der Waals surface area (Å²) in [5.41, 5.74) is 20.1. The van der Waals surface area contributed by atoms with Crippen molar-refractivity contribution in [2.45, 2.75) is 45.6 Å². The minimum absolute atomic E-state index is 0.250. The summed E-state index contributed by atoms with van der Waals surface area (Å²) in [6.07, 6.45) is 4.42. The highest BCUT2D eigenvalue weighted by atomic mass is 19.1. The Morgan fingerprint density at radius 3 is 1.11 bits per heavy atom. The Balaban J connectivity index is 0.000000138. The summed E-state index contributed by atoms with van der Waals surface area (Å²) >= 11 is 0. The molecule has 0 aliphatic carbocycles. The Morgan fingerprint density at radius 1 is 0.418 bits per heavy atom. The van der Waals surface area contributed by atoms with Crippen LogP contribution >= 0.6 is 0 Å². The van der Waals surface area contributed by atoms with Crippen molar-refractivity contribution in [3.05, 3.63) is 264 Å². The maximum atomic E-state index is 14.8. The Hall–Kier alpha value is -17.6. The summed E-state index contributed by atoms with van der Waals surface area (Å²) in [4.78, 5) is 44.6. The van der Waals surface area contributed by atoms with Crippen molar-refractivity contribution in [2.24, 2.45) is 19.8 Å². The van der Waals surface area contributed by atoms with Crippen LogP contribution in [-0.2, 0) is 41.5 Å². The molecule has 30 nitrogen and oxygen atoms in total. The highest BCUT2D eigenvalue weighted by Gasteiger charge is 2.30. The van der Waals surface area contributed by atoms with E-state index < -0.39 is 41.4 Å². The van der Waals surface area contributed by atoms with Gasteiger partial charge in [0, 0.05) is 142 Å². The zero-order valence-electron chi connectivity index (χ0n) is 74.3. The van der Waals surface area contributed by atoms with Crippen LogP contribution in [0.1, 0.15) is 65.9 Å². The highest BCUT2D eigenvalue weighted by Crippen LogP contribution is 2.46. The van der Waals surface area contributed by atoms with Gasteiger partial charge in [-0.15, -0.1) is 0 Å². The molecule has 18 rings (SSSR count). The number of benzene rings is 10. The molecule has 10 aromatic carbocycles. The second kappa shape index (κ2) is 40.0. The number of ether oxygens (including phenoxy) is 9. The molecule has 0 bridgehead atoms. The molecule has 33 heteroatoms. The van der Waals surface area contributed by atoms with Crippen molar-refractivity contribution in [1.29, 1.82) is 26.5 Å². The van der Waals surface area contributed by atoms with E-state index in [1.807, 2.05) is 99.5 Å². The number of nitrogens with zero attached hydrogens (tertiary/aromatic N) is 16. The maximum Gasteiger partial charge on any atom is 0.265 e. The number of nitrogens with two attached hydrogens (primary N) is 1. The predicted octanol–water partition coefficient (Wildman–Crippen LogP) is 18.0. The third-order valence-electron chi connectivity index (χ3n) is 22.3. The van der Waals surface area contributed by atoms with Crippen LogP contribution in [0.25, 0.3) is 132 Å². The van der Waals surface area contributed by atoms with E-state index in [-0.39, 0.29) is 30.1 Å². The molecule has 0 spiro atoms. The minimum atomic E-state index is -1.17. The van der Waals surface area contributed by atoms with Crippen LogP contribution in [0.15, 0.2) is 213 Å². The van der Waals surface area contributed by atoms with Crippen molar-refractivity contribution in [2.75, 3.05) is 62.9 Å². The maximum absolute atomic E-state index is 14.8.